The Morgan fingerprint density at radius 2 is 1.74 bits per heavy atom. The standard InChI is InChI=1S/C24H28N2O5/c1-16-23(20-14-19(29-3)8-9-22(20)31-16)24(27)25-15-21(26-10-12-30-13-11-26)17-4-6-18(28-2)7-5-17/h4-9,14,21H,10-13,15H2,1-3H3,(H,25,27). The van der Waals surface area contributed by atoms with Crippen molar-refractivity contribution in [2.45, 2.75) is 13.0 Å². The van der Waals surface area contributed by atoms with Gasteiger partial charge in [-0.2, -0.15) is 0 Å². The molecule has 31 heavy (non-hydrogen) atoms. The molecule has 0 bridgehead atoms. The van der Waals surface area contributed by atoms with Gasteiger partial charge >= 0.3 is 0 Å². The summed E-state index contributed by atoms with van der Waals surface area (Å²) >= 11 is 0. The van der Waals surface area contributed by atoms with E-state index in [2.05, 4.69) is 22.3 Å². The number of nitrogens with one attached hydrogen (secondary N) is 1. The SMILES string of the molecule is COc1ccc(C(CNC(=O)c2c(C)oc3ccc(OC)cc23)N2CCOCC2)cc1. The molecule has 1 fully saturated rings. The minimum Gasteiger partial charge on any atom is -0.497 e. The Labute approximate surface area is 181 Å². The molecule has 3 aromatic rings. The first-order valence-electron chi connectivity index (χ1n) is 10.4. The van der Waals surface area contributed by atoms with E-state index in [4.69, 9.17) is 18.6 Å². The van der Waals surface area contributed by atoms with Gasteiger partial charge in [0, 0.05) is 25.0 Å². The second kappa shape index (κ2) is 9.41. The quantitative estimate of drug-likeness (QED) is 0.625. The summed E-state index contributed by atoms with van der Waals surface area (Å²) in [5, 5.41) is 3.88. The van der Waals surface area contributed by atoms with Crippen molar-refractivity contribution in [1.29, 1.82) is 0 Å². The van der Waals surface area contributed by atoms with Crippen LogP contribution in [-0.2, 0) is 4.74 Å². The predicted molar refractivity (Wildman–Crippen MR) is 118 cm³/mol. The van der Waals surface area contributed by atoms with Gasteiger partial charge in [-0.25, -0.2) is 0 Å². The van der Waals surface area contributed by atoms with Crippen LogP contribution in [-0.4, -0.2) is 57.9 Å². The number of hydrogen-bond donors (Lipinski definition) is 1. The summed E-state index contributed by atoms with van der Waals surface area (Å²) in [6.45, 7) is 5.29. The largest absolute Gasteiger partial charge is 0.497 e. The van der Waals surface area contributed by atoms with Crippen molar-refractivity contribution < 1.29 is 23.4 Å². The van der Waals surface area contributed by atoms with E-state index in [0.717, 1.165) is 29.8 Å². The molecule has 0 saturated carbocycles. The second-order valence-corrected chi connectivity index (χ2v) is 7.54. The topological polar surface area (TPSA) is 73.2 Å². The number of benzene rings is 2. The van der Waals surface area contributed by atoms with Crippen LogP contribution < -0.4 is 14.8 Å². The van der Waals surface area contributed by atoms with E-state index < -0.39 is 0 Å². The van der Waals surface area contributed by atoms with E-state index in [0.29, 0.717) is 42.4 Å². The third kappa shape index (κ3) is 4.52. The minimum absolute atomic E-state index is 0.0340. The molecule has 1 N–H and O–H groups in total. The molecule has 0 aliphatic carbocycles. The number of nitrogens with zero attached hydrogens (tertiary/aromatic N) is 1. The molecule has 1 aliphatic heterocycles. The highest BCUT2D eigenvalue weighted by molar-refractivity contribution is 6.07. The zero-order chi connectivity index (χ0) is 21.8. The Kier molecular flexibility index (Phi) is 6.44. The number of carbonyl (C=O) groups excluding carboxylic acids is 1. The van der Waals surface area contributed by atoms with Gasteiger partial charge in [0.2, 0.25) is 0 Å². The van der Waals surface area contributed by atoms with Gasteiger partial charge in [-0.3, -0.25) is 9.69 Å². The van der Waals surface area contributed by atoms with E-state index in [1.54, 1.807) is 14.2 Å². The van der Waals surface area contributed by atoms with Crippen molar-refractivity contribution in [2.75, 3.05) is 47.1 Å². The minimum atomic E-state index is -0.156. The Bertz CT molecular complexity index is 1040. The number of aryl methyl sites for hydroxylation is 1. The van der Waals surface area contributed by atoms with Crippen molar-refractivity contribution in [1.82, 2.24) is 10.2 Å². The van der Waals surface area contributed by atoms with Crippen molar-refractivity contribution in [2.24, 2.45) is 0 Å². The maximum absolute atomic E-state index is 13.2. The van der Waals surface area contributed by atoms with Crippen LogP contribution >= 0.6 is 0 Å². The zero-order valence-corrected chi connectivity index (χ0v) is 18.1. The molecule has 1 unspecified atom stereocenters. The highest BCUT2D eigenvalue weighted by Gasteiger charge is 2.25. The summed E-state index contributed by atoms with van der Waals surface area (Å²) in [6.07, 6.45) is 0. The molecule has 2 aromatic carbocycles. The van der Waals surface area contributed by atoms with E-state index in [-0.39, 0.29) is 11.9 Å². The van der Waals surface area contributed by atoms with Crippen molar-refractivity contribution in [3.63, 3.8) is 0 Å². The lowest BCUT2D eigenvalue weighted by Gasteiger charge is -2.35. The molecule has 1 saturated heterocycles. The van der Waals surface area contributed by atoms with Crippen LogP contribution in [0.2, 0.25) is 0 Å². The second-order valence-electron chi connectivity index (χ2n) is 7.54. The van der Waals surface area contributed by atoms with Gasteiger partial charge in [0.25, 0.3) is 5.91 Å². The lowest BCUT2D eigenvalue weighted by Crippen LogP contribution is -2.43. The summed E-state index contributed by atoms with van der Waals surface area (Å²) in [7, 11) is 3.26. The molecule has 1 amide bonds. The molecule has 0 spiro atoms. The lowest BCUT2D eigenvalue weighted by atomic mass is 10.0. The summed E-state index contributed by atoms with van der Waals surface area (Å²) < 4.78 is 21.9. The number of furan rings is 1. The highest BCUT2D eigenvalue weighted by atomic mass is 16.5. The van der Waals surface area contributed by atoms with Crippen LogP contribution in [0, 0.1) is 6.92 Å². The number of ether oxygens (including phenoxy) is 3. The molecular formula is C24H28N2O5. The first-order valence-corrected chi connectivity index (χ1v) is 10.4. The molecule has 0 radical (unpaired) electrons. The number of methoxy groups -OCH3 is 2. The van der Waals surface area contributed by atoms with Gasteiger partial charge in [0.05, 0.1) is 39.0 Å². The van der Waals surface area contributed by atoms with E-state index in [1.165, 1.54) is 0 Å². The Hall–Kier alpha value is -3.03. The predicted octanol–water partition coefficient (Wildman–Crippen LogP) is 3.56. The number of amides is 1. The molecule has 1 atom stereocenters. The fourth-order valence-corrected chi connectivity index (χ4v) is 4.06. The van der Waals surface area contributed by atoms with E-state index in [1.807, 2.05) is 37.3 Å². The van der Waals surface area contributed by atoms with Gasteiger partial charge in [-0.05, 0) is 42.8 Å². The van der Waals surface area contributed by atoms with Gasteiger partial charge in [-0.15, -0.1) is 0 Å². The number of morpholine rings is 1. The number of rotatable bonds is 7. The number of hydrogen-bond acceptors (Lipinski definition) is 6. The molecule has 4 rings (SSSR count). The maximum atomic E-state index is 13.2. The van der Waals surface area contributed by atoms with Gasteiger partial charge < -0.3 is 23.9 Å². The average molecular weight is 424 g/mol. The van der Waals surface area contributed by atoms with Crippen molar-refractivity contribution in [3.8, 4) is 11.5 Å². The summed E-state index contributed by atoms with van der Waals surface area (Å²) in [4.78, 5) is 15.5. The summed E-state index contributed by atoms with van der Waals surface area (Å²) in [5.41, 5.74) is 2.34. The number of carbonyl (C=O) groups is 1. The third-order valence-electron chi connectivity index (χ3n) is 5.74. The molecular weight excluding hydrogens is 396 g/mol. The van der Waals surface area contributed by atoms with E-state index in [9.17, 15) is 4.79 Å². The van der Waals surface area contributed by atoms with Crippen LogP contribution in [0.25, 0.3) is 11.0 Å². The van der Waals surface area contributed by atoms with Crippen LogP contribution in [0.4, 0.5) is 0 Å². The fraction of sp³-hybridized carbons (Fsp3) is 0.375. The Balaban J connectivity index is 1.57. The molecule has 1 aromatic heterocycles. The van der Waals surface area contributed by atoms with Crippen molar-refractivity contribution >= 4 is 16.9 Å². The lowest BCUT2D eigenvalue weighted by molar-refractivity contribution is 0.0162. The summed E-state index contributed by atoms with van der Waals surface area (Å²) in [6, 6.07) is 13.5. The first kappa shape index (κ1) is 21.2. The van der Waals surface area contributed by atoms with Crippen LogP contribution in [0.15, 0.2) is 46.9 Å². The third-order valence-corrected chi connectivity index (χ3v) is 5.74. The Morgan fingerprint density at radius 1 is 1.06 bits per heavy atom. The van der Waals surface area contributed by atoms with E-state index >= 15 is 0 Å². The van der Waals surface area contributed by atoms with Crippen molar-refractivity contribution in [3.05, 3.63) is 59.4 Å². The van der Waals surface area contributed by atoms with Gasteiger partial charge in [-0.1, -0.05) is 12.1 Å². The molecule has 2 heterocycles. The monoisotopic (exact) mass is 424 g/mol. The molecule has 7 heteroatoms. The molecule has 1 aliphatic rings. The average Bonchev–Trinajstić information content (AvgIpc) is 3.15. The molecule has 7 nitrogen and oxygen atoms in total. The normalized spacial score (nSPS) is 15.6. The smallest absolute Gasteiger partial charge is 0.255 e. The van der Waals surface area contributed by atoms with Crippen LogP contribution in [0.3, 0.4) is 0 Å². The Morgan fingerprint density at radius 3 is 2.42 bits per heavy atom. The highest BCUT2D eigenvalue weighted by Crippen LogP contribution is 2.29. The maximum Gasteiger partial charge on any atom is 0.255 e. The molecule has 164 valence electrons. The van der Waals surface area contributed by atoms with Crippen LogP contribution in [0.5, 0.6) is 11.5 Å². The fourth-order valence-electron chi connectivity index (χ4n) is 4.06. The zero-order valence-electron chi connectivity index (χ0n) is 18.1. The first-order chi connectivity index (χ1) is 15.1. The van der Waals surface area contributed by atoms with Crippen LogP contribution in [0.1, 0.15) is 27.7 Å². The number of fused-ring (bicyclic) bond motifs is 1. The summed E-state index contributed by atoms with van der Waals surface area (Å²) in [5.74, 6) is 1.93. The van der Waals surface area contributed by atoms with Gasteiger partial charge in [0.1, 0.15) is 22.8 Å². The van der Waals surface area contributed by atoms with Gasteiger partial charge in [0.15, 0.2) is 0 Å².